The van der Waals surface area contributed by atoms with Gasteiger partial charge in [-0.15, -0.1) is 0 Å². The average molecular weight is 326 g/mol. The van der Waals surface area contributed by atoms with Crippen molar-refractivity contribution in [3.63, 3.8) is 0 Å². The van der Waals surface area contributed by atoms with Crippen LogP contribution in [-0.2, 0) is 9.47 Å². The molecule has 0 amide bonds. The van der Waals surface area contributed by atoms with Crippen molar-refractivity contribution in [1.82, 2.24) is 0 Å². The molecule has 0 radical (unpaired) electrons. The monoisotopic (exact) mass is 324 g/mol. The summed E-state index contributed by atoms with van der Waals surface area (Å²) in [6, 6.07) is 0. The van der Waals surface area contributed by atoms with E-state index in [1.165, 1.54) is 0 Å². The first-order valence-electron chi connectivity index (χ1n) is 5.35. The normalized spacial score (nSPS) is 38.9. The fraction of sp³-hybridized carbons (Fsp3) is 0.333. The molecule has 3 aliphatic rings. The van der Waals surface area contributed by atoms with E-state index in [1.54, 1.807) is 24.3 Å². The van der Waals surface area contributed by atoms with Crippen LogP contribution in [-0.4, -0.2) is 24.4 Å². The van der Waals surface area contributed by atoms with E-state index in [-0.39, 0.29) is 24.4 Å². The minimum Gasteiger partial charge on any atom is -0.361 e. The molecular formula is C12H8Cl4O2. The quantitative estimate of drug-likeness (QED) is 0.669. The molecule has 18 heavy (non-hydrogen) atoms. The summed E-state index contributed by atoms with van der Waals surface area (Å²) in [7, 11) is 0. The van der Waals surface area contributed by atoms with Gasteiger partial charge in [-0.05, 0) is 24.3 Å². The summed E-state index contributed by atoms with van der Waals surface area (Å²) in [5.41, 5.74) is 0. The number of hydrogen-bond acceptors (Lipinski definition) is 2. The Morgan fingerprint density at radius 1 is 0.556 bits per heavy atom. The van der Waals surface area contributed by atoms with Crippen LogP contribution in [0, 0.1) is 0 Å². The second kappa shape index (κ2) is 4.86. The van der Waals surface area contributed by atoms with E-state index in [1.807, 2.05) is 0 Å². The Morgan fingerprint density at radius 3 is 1.00 bits per heavy atom. The third kappa shape index (κ3) is 2.26. The second-order valence-corrected chi connectivity index (χ2v) is 5.82. The maximum atomic E-state index is 5.96. The second-order valence-electron chi connectivity index (χ2n) is 4.19. The van der Waals surface area contributed by atoms with Gasteiger partial charge in [-0.2, -0.15) is 0 Å². The Hall–Kier alpha value is 0.0400. The summed E-state index contributed by atoms with van der Waals surface area (Å²) in [5, 5.41) is 1.89. The zero-order valence-corrected chi connectivity index (χ0v) is 12.0. The summed E-state index contributed by atoms with van der Waals surface area (Å²) in [6.07, 6.45) is 5.94. The number of halogens is 4. The van der Waals surface area contributed by atoms with Crippen molar-refractivity contribution < 1.29 is 9.47 Å². The molecule has 4 atom stereocenters. The first-order chi connectivity index (χ1) is 8.54. The molecule has 4 unspecified atom stereocenters. The topological polar surface area (TPSA) is 18.5 Å². The molecule has 2 aliphatic carbocycles. The van der Waals surface area contributed by atoms with Gasteiger partial charge < -0.3 is 9.47 Å². The van der Waals surface area contributed by atoms with Gasteiger partial charge in [-0.25, -0.2) is 0 Å². The highest BCUT2D eigenvalue weighted by Gasteiger charge is 2.39. The number of ether oxygens (including phenoxy) is 2. The van der Waals surface area contributed by atoms with E-state index in [9.17, 15) is 0 Å². The molecule has 1 saturated heterocycles. The van der Waals surface area contributed by atoms with Crippen LogP contribution in [0.2, 0.25) is 0 Å². The van der Waals surface area contributed by atoms with Crippen LogP contribution in [0.3, 0.4) is 0 Å². The molecule has 0 bridgehead atoms. The predicted octanol–water partition coefficient (Wildman–Crippen LogP) is 4.03. The van der Waals surface area contributed by atoms with Crippen LogP contribution in [0.5, 0.6) is 0 Å². The fourth-order valence-electron chi connectivity index (χ4n) is 2.10. The summed E-state index contributed by atoms with van der Waals surface area (Å²) >= 11 is 23.9. The van der Waals surface area contributed by atoms with Crippen LogP contribution >= 0.6 is 46.4 Å². The summed E-state index contributed by atoms with van der Waals surface area (Å²) < 4.78 is 11.8. The fourth-order valence-corrected chi connectivity index (χ4v) is 2.85. The molecule has 1 heterocycles. The third-order valence-electron chi connectivity index (χ3n) is 2.97. The van der Waals surface area contributed by atoms with Crippen LogP contribution in [0.1, 0.15) is 0 Å². The molecule has 1 aliphatic heterocycles. The highest BCUT2D eigenvalue weighted by Crippen LogP contribution is 2.37. The van der Waals surface area contributed by atoms with Gasteiger partial charge in [0.05, 0.1) is 20.1 Å². The van der Waals surface area contributed by atoms with E-state index in [0.29, 0.717) is 20.1 Å². The highest BCUT2D eigenvalue weighted by molar-refractivity contribution is 6.44. The molecule has 96 valence electrons. The van der Waals surface area contributed by atoms with Crippen molar-refractivity contribution in [3.8, 4) is 0 Å². The molecule has 1 fully saturated rings. The first-order valence-corrected chi connectivity index (χ1v) is 6.87. The summed E-state index contributed by atoms with van der Waals surface area (Å²) in [5.74, 6) is 0. The molecular weight excluding hydrogens is 318 g/mol. The van der Waals surface area contributed by atoms with E-state index in [4.69, 9.17) is 55.9 Å². The number of fused-ring (bicyclic) bond motifs is 2. The van der Waals surface area contributed by atoms with Gasteiger partial charge in [-0.3, -0.25) is 0 Å². The van der Waals surface area contributed by atoms with Gasteiger partial charge in [0.2, 0.25) is 0 Å². The Balaban J connectivity index is 1.87. The first kappa shape index (κ1) is 13.0. The van der Waals surface area contributed by atoms with Gasteiger partial charge in [0.15, 0.2) is 0 Å². The Kier molecular flexibility index (Phi) is 3.52. The van der Waals surface area contributed by atoms with Gasteiger partial charge in [-0.1, -0.05) is 46.4 Å². The smallest absolute Gasteiger partial charge is 0.108 e. The molecule has 0 N–H and O–H groups in total. The van der Waals surface area contributed by atoms with Crippen molar-refractivity contribution in [2.24, 2.45) is 0 Å². The maximum absolute atomic E-state index is 5.96. The Bertz CT molecular complexity index is 416. The number of hydrogen-bond donors (Lipinski definition) is 0. The van der Waals surface area contributed by atoms with E-state index in [2.05, 4.69) is 0 Å². The molecule has 0 saturated carbocycles. The van der Waals surface area contributed by atoms with E-state index in [0.717, 1.165) is 0 Å². The maximum Gasteiger partial charge on any atom is 0.108 e. The molecule has 6 heteroatoms. The highest BCUT2D eigenvalue weighted by atomic mass is 35.5. The van der Waals surface area contributed by atoms with Gasteiger partial charge in [0.1, 0.15) is 24.4 Å². The molecule has 0 aromatic rings. The SMILES string of the molecule is ClC1=CC2OC3C=C(Cl)C(Cl)=CC3OC2C=C1Cl. The minimum atomic E-state index is -0.257. The zero-order valence-electron chi connectivity index (χ0n) is 8.95. The molecule has 0 spiro atoms. The lowest BCUT2D eigenvalue weighted by Crippen LogP contribution is -2.48. The van der Waals surface area contributed by atoms with Gasteiger partial charge >= 0.3 is 0 Å². The Morgan fingerprint density at radius 2 is 0.778 bits per heavy atom. The lowest BCUT2D eigenvalue weighted by Gasteiger charge is -2.40. The third-order valence-corrected chi connectivity index (χ3v) is 4.49. The van der Waals surface area contributed by atoms with Gasteiger partial charge in [0.25, 0.3) is 0 Å². The van der Waals surface area contributed by atoms with Crippen LogP contribution in [0.15, 0.2) is 44.4 Å². The number of allylic oxidation sites excluding steroid dienone is 4. The summed E-state index contributed by atoms with van der Waals surface area (Å²) in [4.78, 5) is 0. The number of rotatable bonds is 0. The zero-order chi connectivity index (χ0) is 12.9. The lowest BCUT2D eigenvalue weighted by molar-refractivity contribution is -0.160. The van der Waals surface area contributed by atoms with Crippen LogP contribution in [0.4, 0.5) is 0 Å². The molecule has 0 aromatic carbocycles. The predicted molar refractivity (Wildman–Crippen MR) is 73.1 cm³/mol. The van der Waals surface area contributed by atoms with Crippen LogP contribution < -0.4 is 0 Å². The Labute approximate surface area is 124 Å². The van der Waals surface area contributed by atoms with Crippen molar-refractivity contribution in [2.45, 2.75) is 24.4 Å². The van der Waals surface area contributed by atoms with Crippen molar-refractivity contribution in [2.75, 3.05) is 0 Å². The lowest BCUT2D eigenvalue weighted by atomic mass is 10.0. The minimum absolute atomic E-state index is 0.257. The van der Waals surface area contributed by atoms with Crippen molar-refractivity contribution >= 4 is 46.4 Å². The standard InChI is InChI=1S/C12H8Cl4O2/c13-5-1-9-10(2-6(5)14)18-12-4-8(16)7(15)3-11(12)17-9/h1-4,9-12H. The average Bonchev–Trinajstić information content (AvgIpc) is 2.31. The molecule has 2 nitrogen and oxygen atoms in total. The van der Waals surface area contributed by atoms with Gasteiger partial charge in [0, 0.05) is 0 Å². The van der Waals surface area contributed by atoms with E-state index >= 15 is 0 Å². The molecule has 0 aromatic heterocycles. The van der Waals surface area contributed by atoms with E-state index < -0.39 is 0 Å². The van der Waals surface area contributed by atoms with Crippen molar-refractivity contribution in [3.05, 3.63) is 44.4 Å². The summed E-state index contributed by atoms with van der Waals surface area (Å²) in [6.45, 7) is 0. The van der Waals surface area contributed by atoms with Crippen molar-refractivity contribution in [1.29, 1.82) is 0 Å². The largest absolute Gasteiger partial charge is 0.361 e. The molecule has 3 rings (SSSR count). The van der Waals surface area contributed by atoms with Crippen LogP contribution in [0.25, 0.3) is 0 Å².